The van der Waals surface area contributed by atoms with Crippen LogP contribution in [0.25, 0.3) is 0 Å². The van der Waals surface area contributed by atoms with E-state index < -0.39 is 0 Å². The van der Waals surface area contributed by atoms with E-state index in [0.717, 1.165) is 43.2 Å². The lowest BCUT2D eigenvalue weighted by atomic mass is 9.99. The van der Waals surface area contributed by atoms with Gasteiger partial charge in [-0.25, -0.2) is 9.97 Å². The van der Waals surface area contributed by atoms with Crippen LogP contribution in [0.5, 0.6) is 0 Å². The van der Waals surface area contributed by atoms with Crippen molar-refractivity contribution in [3.63, 3.8) is 0 Å². The average molecular weight is 345 g/mol. The van der Waals surface area contributed by atoms with Crippen molar-refractivity contribution >= 4 is 29.0 Å². The lowest BCUT2D eigenvalue weighted by Gasteiger charge is -2.30. The van der Waals surface area contributed by atoms with Gasteiger partial charge in [0.2, 0.25) is 0 Å². The number of nitrogens with zero attached hydrogens (tertiary/aromatic N) is 3. The van der Waals surface area contributed by atoms with Crippen LogP contribution in [0.4, 0.5) is 11.5 Å². The van der Waals surface area contributed by atoms with Gasteiger partial charge in [-0.2, -0.15) is 0 Å². The minimum atomic E-state index is -0.285. The molecule has 3 rings (SSSR count). The van der Waals surface area contributed by atoms with E-state index in [4.69, 9.17) is 11.6 Å². The standard InChI is InChI=1S/C18H21ClN4O/c1-12-6-8-23(9-7-12)17-11-20-16(10-21-17)18(24)22-15-5-3-4-14(19)13(15)2/h3-5,10-12H,6-9H2,1-2H3,(H,22,24). The molecular weight excluding hydrogens is 324 g/mol. The Balaban J connectivity index is 1.69. The zero-order valence-electron chi connectivity index (χ0n) is 13.9. The van der Waals surface area contributed by atoms with Crippen molar-refractivity contribution in [1.82, 2.24) is 9.97 Å². The number of piperidine rings is 1. The lowest BCUT2D eigenvalue weighted by molar-refractivity contribution is 0.102. The minimum absolute atomic E-state index is 0.285. The van der Waals surface area contributed by atoms with Gasteiger partial charge in [-0.1, -0.05) is 24.6 Å². The number of anilines is 2. The first-order chi connectivity index (χ1) is 11.5. The summed E-state index contributed by atoms with van der Waals surface area (Å²) in [7, 11) is 0. The fourth-order valence-corrected chi connectivity index (χ4v) is 2.94. The molecule has 1 aliphatic rings. The van der Waals surface area contributed by atoms with Gasteiger partial charge < -0.3 is 10.2 Å². The van der Waals surface area contributed by atoms with Gasteiger partial charge in [0.25, 0.3) is 5.91 Å². The van der Waals surface area contributed by atoms with Gasteiger partial charge in [0, 0.05) is 23.8 Å². The van der Waals surface area contributed by atoms with Crippen LogP contribution in [0.1, 0.15) is 35.8 Å². The van der Waals surface area contributed by atoms with Gasteiger partial charge in [0.05, 0.1) is 12.4 Å². The first kappa shape index (κ1) is 16.7. The van der Waals surface area contributed by atoms with E-state index in [9.17, 15) is 4.79 Å². The Labute approximate surface area is 147 Å². The third-order valence-electron chi connectivity index (χ3n) is 4.49. The van der Waals surface area contributed by atoms with Crippen LogP contribution in [0.3, 0.4) is 0 Å². The van der Waals surface area contributed by atoms with Crippen molar-refractivity contribution in [3.05, 3.63) is 46.9 Å². The van der Waals surface area contributed by atoms with Gasteiger partial charge in [0.1, 0.15) is 11.5 Å². The van der Waals surface area contributed by atoms with Crippen LogP contribution in [0, 0.1) is 12.8 Å². The molecule has 126 valence electrons. The van der Waals surface area contributed by atoms with Gasteiger partial charge in [-0.05, 0) is 43.4 Å². The van der Waals surface area contributed by atoms with Gasteiger partial charge >= 0.3 is 0 Å². The van der Waals surface area contributed by atoms with Crippen molar-refractivity contribution in [1.29, 1.82) is 0 Å². The van der Waals surface area contributed by atoms with E-state index in [0.29, 0.717) is 16.4 Å². The van der Waals surface area contributed by atoms with E-state index in [1.807, 2.05) is 13.0 Å². The first-order valence-electron chi connectivity index (χ1n) is 8.18. The molecule has 2 aromatic rings. The molecule has 1 aromatic carbocycles. The van der Waals surface area contributed by atoms with E-state index >= 15 is 0 Å². The molecule has 0 radical (unpaired) electrons. The van der Waals surface area contributed by atoms with Crippen LogP contribution in [0.15, 0.2) is 30.6 Å². The highest BCUT2D eigenvalue weighted by molar-refractivity contribution is 6.31. The summed E-state index contributed by atoms with van der Waals surface area (Å²) in [5, 5.41) is 3.45. The molecule has 0 spiro atoms. The van der Waals surface area contributed by atoms with Crippen molar-refractivity contribution in [3.8, 4) is 0 Å². The maximum Gasteiger partial charge on any atom is 0.275 e. The largest absolute Gasteiger partial charge is 0.355 e. The number of rotatable bonds is 3. The molecular formula is C18H21ClN4O. The van der Waals surface area contributed by atoms with E-state index in [2.05, 4.69) is 27.1 Å². The van der Waals surface area contributed by atoms with Gasteiger partial charge in [0.15, 0.2) is 0 Å². The molecule has 1 amide bonds. The molecule has 1 aliphatic heterocycles. The van der Waals surface area contributed by atoms with Gasteiger partial charge in [-0.15, -0.1) is 0 Å². The summed E-state index contributed by atoms with van der Waals surface area (Å²) in [6.07, 6.45) is 5.54. The van der Waals surface area contributed by atoms with Crippen LogP contribution < -0.4 is 10.2 Å². The fraction of sp³-hybridized carbons (Fsp3) is 0.389. The third kappa shape index (κ3) is 3.67. The second-order valence-corrected chi connectivity index (χ2v) is 6.70. The topological polar surface area (TPSA) is 58.1 Å². The van der Waals surface area contributed by atoms with Crippen molar-refractivity contribution in [2.24, 2.45) is 5.92 Å². The summed E-state index contributed by atoms with van der Waals surface area (Å²) < 4.78 is 0. The summed E-state index contributed by atoms with van der Waals surface area (Å²) in [5.41, 5.74) is 1.81. The molecule has 1 saturated heterocycles. The number of amides is 1. The number of aromatic nitrogens is 2. The Morgan fingerprint density at radius 1 is 1.25 bits per heavy atom. The number of nitrogens with one attached hydrogen (secondary N) is 1. The van der Waals surface area contributed by atoms with Crippen molar-refractivity contribution in [2.75, 3.05) is 23.3 Å². The smallest absolute Gasteiger partial charge is 0.275 e. The molecule has 2 heterocycles. The SMILES string of the molecule is Cc1c(Cl)cccc1NC(=O)c1cnc(N2CCC(C)CC2)cn1. The number of carbonyl (C=O) groups excluding carboxylic acids is 1. The molecule has 1 N–H and O–H groups in total. The minimum Gasteiger partial charge on any atom is -0.355 e. The van der Waals surface area contributed by atoms with Gasteiger partial charge in [-0.3, -0.25) is 4.79 Å². The number of halogens is 1. The predicted octanol–water partition coefficient (Wildman–Crippen LogP) is 3.93. The fourth-order valence-electron chi connectivity index (χ4n) is 2.77. The monoisotopic (exact) mass is 344 g/mol. The van der Waals surface area contributed by atoms with Crippen molar-refractivity contribution in [2.45, 2.75) is 26.7 Å². The zero-order chi connectivity index (χ0) is 17.1. The Kier molecular flexibility index (Phi) is 5.00. The highest BCUT2D eigenvalue weighted by Gasteiger charge is 2.18. The van der Waals surface area contributed by atoms with E-state index in [1.54, 1.807) is 18.3 Å². The molecule has 5 nitrogen and oxygen atoms in total. The average Bonchev–Trinajstić information content (AvgIpc) is 2.60. The third-order valence-corrected chi connectivity index (χ3v) is 4.90. The van der Waals surface area contributed by atoms with Crippen LogP contribution in [-0.2, 0) is 0 Å². The lowest BCUT2D eigenvalue weighted by Crippen LogP contribution is -2.33. The number of benzene rings is 1. The molecule has 0 bridgehead atoms. The zero-order valence-corrected chi connectivity index (χ0v) is 14.7. The summed E-state index contributed by atoms with van der Waals surface area (Å²) in [5.74, 6) is 1.31. The molecule has 1 fully saturated rings. The summed E-state index contributed by atoms with van der Waals surface area (Å²) in [6, 6.07) is 5.41. The summed E-state index contributed by atoms with van der Waals surface area (Å²) in [4.78, 5) is 23.2. The molecule has 24 heavy (non-hydrogen) atoms. The van der Waals surface area contributed by atoms with Crippen LogP contribution >= 0.6 is 11.6 Å². The van der Waals surface area contributed by atoms with Crippen molar-refractivity contribution < 1.29 is 4.79 Å². The predicted molar refractivity (Wildman–Crippen MR) is 96.8 cm³/mol. The molecule has 0 saturated carbocycles. The Morgan fingerprint density at radius 2 is 2.00 bits per heavy atom. The van der Waals surface area contributed by atoms with E-state index in [1.165, 1.54) is 6.20 Å². The Morgan fingerprint density at radius 3 is 2.67 bits per heavy atom. The molecule has 0 aliphatic carbocycles. The maximum absolute atomic E-state index is 12.3. The normalized spacial score (nSPS) is 15.4. The molecule has 0 unspecified atom stereocenters. The molecule has 1 aromatic heterocycles. The highest BCUT2D eigenvalue weighted by Crippen LogP contribution is 2.24. The van der Waals surface area contributed by atoms with E-state index in [-0.39, 0.29) is 5.91 Å². The summed E-state index contributed by atoms with van der Waals surface area (Å²) >= 11 is 6.08. The quantitative estimate of drug-likeness (QED) is 0.916. The summed E-state index contributed by atoms with van der Waals surface area (Å²) in [6.45, 7) is 6.12. The van der Waals surface area contributed by atoms with Crippen LogP contribution in [-0.4, -0.2) is 29.0 Å². The molecule has 6 heteroatoms. The Bertz CT molecular complexity index is 724. The first-order valence-corrected chi connectivity index (χ1v) is 8.56. The maximum atomic E-state index is 12.3. The highest BCUT2D eigenvalue weighted by atomic mass is 35.5. The number of hydrogen-bond donors (Lipinski definition) is 1. The number of hydrogen-bond acceptors (Lipinski definition) is 4. The second-order valence-electron chi connectivity index (χ2n) is 6.30. The second kappa shape index (κ2) is 7.18. The number of carbonyl (C=O) groups is 1. The van der Waals surface area contributed by atoms with Crippen LogP contribution in [0.2, 0.25) is 5.02 Å². The Hall–Kier alpha value is -2.14. The molecule has 0 atom stereocenters.